The Bertz CT molecular complexity index is 906. The van der Waals surface area contributed by atoms with Gasteiger partial charge in [0.1, 0.15) is 17.3 Å². The van der Waals surface area contributed by atoms with Crippen LogP contribution in [-0.2, 0) is 0 Å². The molecule has 112 valence electrons. The minimum absolute atomic E-state index is 0.249. The SMILES string of the molecule is Fc1ccc(-c2oc(-c3ccccc3)cc2-c2cccs2)cc1. The second-order valence-corrected chi connectivity index (χ2v) is 6.15. The molecule has 0 aliphatic heterocycles. The molecule has 0 radical (unpaired) electrons. The summed E-state index contributed by atoms with van der Waals surface area (Å²) in [5.41, 5.74) is 2.93. The van der Waals surface area contributed by atoms with Crippen LogP contribution in [-0.4, -0.2) is 0 Å². The first kappa shape index (κ1) is 14.0. The maximum Gasteiger partial charge on any atom is 0.143 e. The number of halogens is 1. The molecule has 0 aliphatic rings. The van der Waals surface area contributed by atoms with Crippen molar-refractivity contribution in [1.82, 2.24) is 0 Å². The van der Waals surface area contributed by atoms with Crippen molar-refractivity contribution in [3.8, 4) is 33.1 Å². The summed E-state index contributed by atoms with van der Waals surface area (Å²) in [6.45, 7) is 0. The summed E-state index contributed by atoms with van der Waals surface area (Å²) in [7, 11) is 0. The fraction of sp³-hybridized carbons (Fsp3) is 0. The summed E-state index contributed by atoms with van der Waals surface area (Å²) >= 11 is 1.66. The van der Waals surface area contributed by atoms with E-state index in [1.165, 1.54) is 12.1 Å². The third kappa shape index (κ3) is 2.71. The van der Waals surface area contributed by atoms with Crippen molar-refractivity contribution in [2.45, 2.75) is 0 Å². The number of rotatable bonds is 3. The van der Waals surface area contributed by atoms with Crippen LogP contribution in [0.5, 0.6) is 0 Å². The van der Waals surface area contributed by atoms with Gasteiger partial charge in [0.2, 0.25) is 0 Å². The summed E-state index contributed by atoms with van der Waals surface area (Å²) < 4.78 is 19.4. The first-order chi connectivity index (χ1) is 11.3. The molecule has 0 unspecified atom stereocenters. The Morgan fingerprint density at radius 2 is 1.57 bits per heavy atom. The van der Waals surface area contributed by atoms with Crippen molar-refractivity contribution in [3.05, 3.63) is 84.0 Å². The minimum Gasteiger partial charge on any atom is -0.455 e. The zero-order valence-corrected chi connectivity index (χ0v) is 13.0. The largest absolute Gasteiger partial charge is 0.455 e. The topological polar surface area (TPSA) is 13.1 Å². The fourth-order valence-electron chi connectivity index (χ4n) is 2.57. The summed E-state index contributed by atoms with van der Waals surface area (Å²) in [6, 6.07) is 22.5. The van der Waals surface area contributed by atoms with Crippen molar-refractivity contribution in [2.75, 3.05) is 0 Å². The van der Waals surface area contributed by atoms with Crippen molar-refractivity contribution >= 4 is 11.3 Å². The Morgan fingerprint density at radius 1 is 0.783 bits per heavy atom. The van der Waals surface area contributed by atoms with Gasteiger partial charge in [-0.3, -0.25) is 0 Å². The maximum atomic E-state index is 13.2. The van der Waals surface area contributed by atoms with E-state index in [1.807, 2.05) is 41.8 Å². The van der Waals surface area contributed by atoms with E-state index in [9.17, 15) is 4.39 Å². The fourth-order valence-corrected chi connectivity index (χ4v) is 3.31. The van der Waals surface area contributed by atoms with E-state index >= 15 is 0 Å². The monoisotopic (exact) mass is 320 g/mol. The Morgan fingerprint density at radius 3 is 2.26 bits per heavy atom. The predicted octanol–water partition coefficient (Wildman–Crippen LogP) is 6.48. The van der Waals surface area contributed by atoms with Crippen LogP contribution in [0.1, 0.15) is 0 Å². The highest BCUT2D eigenvalue weighted by Crippen LogP contribution is 2.40. The summed E-state index contributed by atoms with van der Waals surface area (Å²) in [6.07, 6.45) is 0. The van der Waals surface area contributed by atoms with Gasteiger partial charge >= 0.3 is 0 Å². The van der Waals surface area contributed by atoms with E-state index in [2.05, 4.69) is 12.1 Å². The van der Waals surface area contributed by atoms with Gasteiger partial charge in [0.25, 0.3) is 0 Å². The molecule has 0 atom stereocenters. The first-order valence-electron chi connectivity index (χ1n) is 7.30. The number of hydrogen-bond acceptors (Lipinski definition) is 2. The molecule has 0 bridgehead atoms. The van der Waals surface area contributed by atoms with Crippen LogP contribution in [0.15, 0.2) is 82.6 Å². The number of furan rings is 1. The Balaban J connectivity index is 1.89. The molecule has 0 aliphatic carbocycles. The average Bonchev–Trinajstić information content (AvgIpc) is 3.26. The normalized spacial score (nSPS) is 10.8. The molecule has 1 nitrogen and oxygen atoms in total. The predicted molar refractivity (Wildman–Crippen MR) is 92.9 cm³/mol. The third-order valence-corrected chi connectivity index (χ3v) is 4.59. The van der Waals surface area contributed by atoms with E-state index in [-0.39, 0.29) is 5.82 Å². The smallest absolute Gasteiger partial charge is 0.143 e. The lowest BCUT2D eigenvalue weighted by Crippen LogP contribution is -1.78. The van der Waals surface area contributed by atoms with Gasteiger partial charge in [-0.2, -0.15) is 0 Å². The maximum absolute atomic E-state index is 13.2. The van der Waals surface area contributed by atoms with Gasteiger partial charge < -0.3 is 4.42 Å². The van der Waals surface area contributed by atoms with E-state index < -0.39 is 0 Å². The molecular weight excluding hydrogens is 307 g/mol. The van der Waals surface area contributed by atoms with Crippen LogP contribution in [0.3, 0.4) is 0 Å². The van der Waals surface area contributed by atoms with Gasteiger partial charge in [-0.05, 0) is 41.8 Å². The van der Waals surface area contributed by atoms with Crippen LogP contribution in [0.2, 0.25) is 0 Å². The quantitative estimate of drug-likeness (QED) is 0.421. The molecule has 0 amide bonds. The standard InChI is InChI=1S/C20H13FOS/c21-16-10-8-15(9-11-16)20-17(19-7-4-12-23-19)13-18(22-20)14-5-2-1-3-6-14/h1-13H. The van der Waals surface area contributed by atoms with Crippen molar-refractivity contribution < 1.29 is 8.81 Å². The summed E-state index contributed by atoms with van der Waals surface area (Å²) in [4.78, 5) is 1.13. The molecule has 23 heavy (non-hydrogen) atoms. The third-order valence-electron chi connectivity index (χ3n) is 3.68. The number of thiophene rings is 1. The molecule has 4 aromatic rings. The molecular formula is C20H13FOS. The van der Waals surface area contributed by atoms with Crippen molar-refractivity contribution in [1.29, 1.82) is 0 Å². The lowest BCUT2D eigenvalue weighted by Gasteiger charge is -2.01. The lowest BCUT2D eigenvalue weighted by molar-refractivity contribution is 0.597. The molecule has 0 spiro atoms. The number of benzene rings is 2. The second-order valence-electron chi connectivity index (χ2n) is 5.20. The Kier molecular flexibility index (Phi) is 3.56. The van der Waals surface area contributed by atoms with E-state index in [4.69, 9.17) is 4.42 Å². The van der Waals surface area contributed by atoms with Crippen molar-refractivity contribution in [2.24, 2.45) is 0 Å². The Hall–Kier alpha value is -2.65. The Labute approximate surface area is 137 Å². The highest BCUT2D eigenvalue weighted by atomic mass is 32.1. The van der Waals surface area contributed by atoms with Gasteiger partial charge in [-0.25, -0.2) is 4.39 Å². The van der Waals surface area contributed by atoms with Gasteiger partial charge in [0.05, 0.1) is 0 Å². The molecule has 2 aromatic heterocycles. The lowest BCUT2D eigenvalue weighted by atomic mass is 10.1. The van der Waals surface area contributed by atoms with E-state index in [1.54, 1.807) is 23.5 Å². The first-order valence-corrected chi connectivity index (χ1v) is 8.18. The average molecular weight is 320 g/mol. The zero-order chi connectivity index (χ0) is 15.6. The van der Waals surface area contributed by atoms with Crippen LogP contribution in [0, 0.1) is 5.82 Å². The summed E-state index contributed by atoms with van der Waals surface area (Å²) in [5, 5.41) is 2.04. The highest BCUT2D eigenvalue weighted by Gasteiger charge is 2.16. The second kappa shape index (κ2) is 5.86. The van der Waals surface area contributed by atoms with Crippen LogP contribution in [0.25, 0.3) is 33.1 Å². The van der Waals surface area contributed by atoms with Crippen LogP contribution in [0.4, 0.5) is 4.39 Å². The van der Waals surface area contributed by atoms with Crippen molar-refractivity contribution in [3.63, 3.8) is 0 Å². The molecule has 0 N–H and O–H groups in total. The van der Waals surface area contributed by atoms with Gasteiger partial charge in [0, 0.05) is 21.6 Å². The van der Waals surface area contributed by atoms with Gasteiger partial charge in [0.15, 0.2) is 0 Å². The molecule has 0 fully saturated rings. The molecule has 0 saturated carbocycles. The minimum atomic E-state index is -0.249. The highest BCUT2D eigenvalue weighted by molar-refractivity contribution is 7.13. The molecule has 2 heterocycles. The zero-order valence-electron chi connectivity index (χ0n) is 12.2. The molecule has 4 rings (SSSR count). The van der Waals surface area contributed by atoms with Crippen LogP contribution >= 0.6 is 11.3 Å². The van der Waals surface area contributed by atoms with Gasteiger partial charge in [-0.1, -0.05) is 36.4 Å². The van der Waals surface area contributed by atoms with E-state index in [0.717, 1.165) is 33.1 Å². The molecule has 0 saturated heterocycles. The van der Waals surface area contributed by atoms with E-state index in [0.29, 0.717) is 0 Å². The van der Waals surface area contributed by atoms with Gasteiger partial charge in [-0.15, -0.1) is 11.3 Å². The molecule has 2 aromatic carbocycles. The molecule has 3 heteroatoms. The number of hydrogen-bond donors (Lipinski definition) is 0. The summed E-state index contributed by atoms with van der Waals surface area (Å²) in [5.74, 6) is 1.33. The van der Waals surface area contributed by atoms with Crippen LogP contribution < -0.4 is 0 Å².